The van der Waals surface area contributed by atoms with Gasteiger partial charge in [-0.2, -0.15) is 4.98 Å². The second kappa shape index (κ2) is 3.90. The van der Waals surface area contributed by atoms with Gasteiger partial charge in [0.1, 0.15) is 0 Å². The van der Waals surface area contributed by atoms with Gasteiger partial charge in [-0.05, 0) is 24.7 Å². The zero-order valence-corrected chi connectivity index (χ0v) is 10.8. The smallest absolute Gasteiger partial charge is 0.222 e. The monoisotopic (exact) mass is 246 g/mol. The van der Waals surface area contributed by atoms with Crippen molar-refractivity contribution in [2.75, 3.05) is 5.73 Å². The Hall–Kier alpha value is -1.72. The average Bonchev–Trinajstić information content (AvgIpc) is 2.70. The predicted octanol–water partition coefficient (Wildman–Crippen LogP) is 1.94. The van der Waals surface area contributed by atoms with E-state index in [0.717, 1.165) is 18.5 Å². The molecular weight excluding hydrogens is 228 g/mol. The molecule has 6 nitrogen and oxygen atoms in total. The number of nitrogen functional groups attached to an aromatic ring is 1. The SMILES string of the molecule is CC1(C)CCCC(n2nnc3cnc(N)nc32)C1. The van der Waals surface area contributed by atoms with Crippen LogP contribution >= 0.6 is 0 Å². The van der Waals surface area contributed by atoms with Crippen LogP contribution in [0.25, 0.3) is 11.2 Å². The van der Waals surface area contributed by atoms with Gasteiger partial charge in [-0.1, -0.05) is 25.5 Å². The maximum atomic E-state index is 5.64. The summed E-state index contributed by atoms with van der Waals surface area (Å²) in [6.45, 7) is 4.61. The Balaban J connectivity index is 2.01. The molecule has 0 saturated heterocycles. The number of anilines is 1. The van der Waals surface area contributed by atoms with Crippen LogP contribution in [0.4, 0.5) is 5.95 Å². The summed E-state index contributed by atoms with van der Waals surface area (Å²) in [7, 11) is 0. The summed E-state index contributed by atoms with van der Waals surface area (Å²) < 4.78 is 1.92. The third-order valence-electron chi connectivity index (χ3n) is 3.76. The lowest BCUT2D eigenvalue weighted by molar-refractivity contribution is 0.175. The molecule has 0 aromatic carbocycles. The third kappa shape index (κ3) is 1.91. The molecule has 96 valence electrons. The number of fused-ring (bicyclic) bond motifs is 1. The summed E-state index contributed by atoms with van der Waals surface area (Å²) in [5.41, 5.74) is 7.47. The largest absolute Gasteiger partial charge is 0.368 e. The zero-order chi connectivity index (χ0) is 12.8. The molecule has 2 N–H and O–H groups in total. The van der Waals surface area contributed by atoms with Crippen molar-refractivity contribution in [3.8, 4) is 0 Å². The highest BCUT2D eigenvalue weighted by molar-refractivity contribution is 5.69. The van der Waals surface area contributed by atoms with Gasteiger partial charge in [0, 0.05) is 0 Å². The Kier molecular flexibility index (Phi) is 2.46. The van der Waals surface area contributed by atoms with Gasteiger partial charge < -0.3 is 5.73 Å². The first-order valence-corrected chi connectivity index (χ1v) is 6.39. The van der Waals surface area contributed by atoms with E-state index < -0.39 is 0 Å². The summed E-state index contributed by atoms with van der Waals surface area (Å²) in [6.07, 6.45) is 6.36. The van der Waals surface area contributed by atoms with Crippen molar-refractivity contribution >= 4 is 17.1 Å². The van der Waals surface area contributed by atoms with Gasteiger partial charge in [0.15, 0.2) is 11.2 Å². The molecule has 3 rings (SSSR count). The van der Waals surface area contributed by atoms with Crippen LogP contribution < -0.4 is 5.73 Å². The van der Waals surface area contributed by atoms with Crippen molar-refractivity contribution in [1.82, 2.24) is 25.0 Å². The molecule has 0 aliphatic heterocycles. The van der Waals surface area contributed by atoms with E-state index in [0.29, 0.717) is 17.0 Å². The number of rotatable bonds is 1. The van der Waals surface area contributed by atoms with Gasteiger partial charge in [0.25, 0.3) is 0 Å². The van der Waals surface area contributed by atoms with E-state index in [1.165, 1.54) is 12.8 Å². The van der Waals surface area contributed by atoms with Crippen LogP contribution in [0.5, 0.6) is 0 Å². The zero-order valence-electron chi connectivity index (χ0n) is 10.8. The molecular formula is C12H18N6. The Morgan fingerprint density at radius 3 is 3.06 bits per heavy atom. The molecule has 1 aliphatic rings. The Labute approximate surface area is 106 Å². The lowest BCUT2D eigenvalue weighted by Gasteiger charge is -2.34. The van der Waals surface area contributed by atoms with Crippen molar-refractivity contribution in [2.45, 2.75) is 45.6 Å². The Morgan fingerprint density at radius 2 is 2.28 bits per heavy atom. The molecule has 0 radical (unpaired) electrons. The van der Waals surface area contributed by atoms with E-state index >= 15 is 0 Å². The molecule has 2 aromatic heterocycles. The lowest BCUT2D eigenvalue weighted by Crippen LogP contribution is -2.25. The van der Waals surface area contributed by atoms with Crippen LogP contribution in [0.15, 0.2) is 6.20 Å². The summed E-state index contributed by atoms with van der Waals surface area (Å²) in [5, 5.41) is 8.35. The molecule has 2 heterocycles. The van der Waals surface area contributed by atoms with Crippen molar-refractivity contribution in [3.63, 3.8) is 0 Å². The third-order valence-corrected chi connectivity index (χ3v) is 3.76. The number of aromatic nitrogens is 5. The molecule has 6 heteroatoms. The van der Waals surface area contributed by atoms with Crippen molar-refractivity contribution in [2.24, 2.45) is 5.41 Å². The van der Waals surface area contributed by atoms with Crippen LogP contribution in [0, 0.1) is 5.41 Å². The minimum Gasteiger partial charge on any atom is -0.368 e. The number of hydrogen-bond donors (Lipinski definition) is 1. The van der Waals surface area contributed by atoms with E-state index in [1.54, 1.807) is 6.20 Å². The van der Waals surface area contributed by atoms with Crippen LogP contribution in [0.3, 0.4) is 0 Å². The van der Waals surface area contributed by atoms with Gasteiger partial charge in [-0.3, -0.25) is 0 Å². The molecule has 18 heavy (non-hydrogen) atoms. The highest BCUT2D eigenvalue weighted by atomic mass is 15.5. The number of hydrogen-bond acceptors (Lipinski definition) is 5. The van der Waals surface area contributed by atoms with Crippen LogP contribution in [-0.4, -0.2) is 25.0 Å². The van der Waals surface area contributed by atoms with Gasteiger partial charge in [-0.25, -0.2) is 9.67 Å². The van der Waals surface area contributed by atoms with Crippen LogP contribution in [0.1, 0.15) is 45.6 Å². The Bertz CT molecular complexity index is 573. The first kappa shape index (κ1) is 11.4. The highest BCUT2D eigenvalue weighted by Crippen LogP contribution is 2.41. The minimum absolute atomic E-state index is 0.279. The van der Waals surface area contributed by atoms with Crippen LogP contribution in [-0.2, 0) is 0 Å². The average molecular weight is 246 g/mol. The van der Waals surface area contributed by atoms with Crippen molar-refractivity contribution in [1.29, 1.82) is 0 Å². The van der Waals surface area contributed by atoms with Crippen molar-refractivity contribution < 1.29 is 0 Å². The fourth-order valence-electron chi connectivity index (χ4n) is 2.87. The minimum atomic E-state index is 0.279. The fraction of sp³-hybridized carbons (Fsp3) is 0.667. The second-order valence-electron chi connectivity index (χ2n) is 5.89. The maximum Gasteiger partial charge on any atom is 0.222 e. The maximum absolute atomic E-state index is 5.64. The summed E-state index contributed by atoms with van der Waals surface area (Å²) in [5.74, 6) is 0.279. The van der Waals surface area contributed by atoms with Crippen LogP contribution in [0.2, 0.25) is 0 Å². The first-order chi connectivity index (χ1) is 8.55. The van der Waals surface area contributed by atoms with Gasteiger partial charge in [-0.15, -0.1) is 5.10 Å². The number of nitrogens with two attached hydrogens (primary N) is 1. The molecule has 1 saturated carbocycles. The summed E-state index contributed by atoms with van der Waals surface area (Å²) in [6, 6.07) is 0.369. The molecule has 2 aromatic rings. The van der Waals surface area contributed by atoms with E-state index in [9.17, 15) is 0 Å². The lowest BCUT2D eigenvalue weighted by atomic mass is 9.75. The van der Waals surface area contributed by atoms with Gasteiger partial charge in [0.2, 0.25) is 5.95 Å². The molecule has 1 fully saturated rings. The van der Waals surface area contributed by atoms with E-state index in [-0.39, 0.29) is 5.95 Å². The molecule has 0 spiro atoms. The molecule has 1 unspecified atom stereocenters. The first-order valence-electron chi connectivity index (χ1n) is 6.39. The molecule has 0 bridgehead atoms. The summed E-state index contributed by atoms with van der Waals surface area (Å²) >= 11 is 0. The standard InChI is InChI=1S/C12H18N6/c1-12(2)5-3-4-8(6-12)18-10-9(16-17-18)7-14-11(13)15-10/h7-8H,3-6H2,1-2H3,(H2,13,14,15). The van der Waals surface area contributed by atoms with E-state index in [4.69, 9.17) is 5.73 Å². The molecule has 1 atom stereocenters. The van der Waals surface area contributed by atoms with Gasteiger partial charge >= 0.3 is 0 Å². The molecule has 0 amide bonds. The quantitative estimate of drug-likeness (QED) is 0.831. The van der Waals surface area contributed by atoms with E-state index in [1.807, 2.05) is 4.68 Å². The second-order valence-corrected chi connectivity index (χ2v) is 5.89. The normalized spacial score (nSPS) is 23.3. The van der Waals surface area contributed by atoms with E-state index in [2.05, 4.69) is 34.1 Å². The number of nitrogens with zero attached hydrogens (tertiary/aromatic N) is 5. The van der Waals surface area contributed by atoms with Gasteiger partial charge in [0.05, 0.1) is 12.2 Å². The fourth-order valence-corrected chi connectivity index (χ4v) is 2.87. The topological polar surface area (TPSA) is 82.5 Å². The highest BCUT2D eigenvalue weighted by Gasteiger charge is 2.30. The molecule has 1 aliphatic carbocycles. The predicted molar refractivity (Wildman–Crippen MR) is 68.8 cm³/mol. The Morgan fingerprint density at radius 1 is 1.44 bits per heavy atom. The van der Waals surface area contributed by atoms with Crippen molar-refractivity contribution in [3.05, 3.63) is 6.20 Å². The summed E-state index contributed by atoms with van der Waals surface area (Å²) in [4.78, 5) is 8.21.